The molecule has 0 saturated carbocycles. The lowest BCUT2D eigenvalue weighted by Crippen LogP contribution is -2.16. The Hall–Kier alpha value is -3.56. The number of carbonyl (C=O) groups is 2. The molecule has 0 spiro atoms. The molecule has 0 bridgehead atoms. The maximum absolute atomic E-state index is 12.0. The van der Waals surface area contributed by atoms with E-state index in [0.29, 0.717) is 11.3 Å². The average Bonchev–Trinajstić information content (AvgIpc) is 3.00. The molecule has 0 aliphatic heterocycles. The highest BCUT2D eigenvalue weighted by atomic mass is 32.1. The van der Waals surface area contributed by atoms with Crippen LogP contribution in [0.15, 0.2) is 24.3 Å². The summed E-state index contributed by atoms with van der Waals surface area (Å²) in [7, 11) is 0. The Labute approximate surface area is 159 Å². The predicted molar refractivity (Wildman–Crippen MR) is 95.9 cm³/mol. The van der Waals surface area contributed by atoms with E-state index in [9.17, 15) is 14.9 Å². The lowest BCUT2D eigenvalue weighted by molar-refractivity contribution is -0.147. The lowest BCUT2D eigenvalue weighted by Gasteiger charge is -2.08. The zero-order valence-corrected chi connectivity index (χ0v) is 15.2. The molecule has 8 nitrogen and oxygen atoms in total. The summed E-state index contributed by atoms with van der Waals surface area (Å²) < 4.78 is 15.3. The van der Waals surface area contributed by atoms with Gasteiger partial charge in [-0.2, -0.15) is 10.5 Å². The molecule has 0 aliphatic carbocycles. The van der Waals surface area contributed by atoms with Gasteiger partial charge in [0.1, 0.15) is 28.3 Å². The first-order valence-electron chi connectivity index (χ1n) is 7.77. The number of rotatable bonds is 7. The van der Waals surface area contributed by atoms with E-state index in [1.807, 2.05) is 12.1 Å². The molecule has 27 heavy (non-hydrogen) atoms. The smallest absolute Gasteiger partial charge is 0.348 e. The third-order valence-electron chi connectivity index (χ3n) is 3.32. The highest BCUT2D eigenvalue weighted by Crippen LogP contribution is 2.31. The van der Waals surface area contributed by atoms with Crippen molar-refractivity contribution in [2.24, 2.45) is 0 Å². The fraction of sp³-hybridized carbons (Fsp3) is 0.222. The van der Waals surface area contributed by atoms with E-state index >= 15 is 0 Å². The Morgan fingerprint density at radius 2 is 1.85 bits per heavy atom. The monoisotopic (exact) mass is 385 g/mol. The number of nitriles is 2. The van der Waals surface area contributed by atoms with Crippen LogP contribution in [-0.2, 0) is 20.9 Å². The third kappa shape index (κ3) is 4.97. The van der Waals surface area contributed by atoms with E-state index in [4.69, 9.17) is 25.2 Å². The van der Waals surface area contributed by atoms with Crippen LogP contribution in [0.3, 0.4) is 0 Å². The first-order valence-corrected chi connectivity index (χ1v) is 8.58. The van der Waals surface area contributed by atoms with Gasteiger partial charge in [-0.1, -0.05) is 0 Å². The van der Waals surface area contributed by atoms with E-state index in [2.05, 4.69) is 0 Å². The second-order valence-corrected chi connectivity index (χ2v) is 6.12. The minimum atomic E-state index is -0.692. The second kappa shape index (κ2) is 9.22. The summed E-state index contributed by atoms with van der Waals surface area (Å²) in [5.41, 5.74) is 6.52. The topological polar surface area (TPSA) is 135 Å². The number of nitrogens with two attached hydrogens (primary N) is 1. The van der Waals surface area contributed by atoms with E-state index in [1.165, 1.54) is 0 Å². The maximum atomic E-state index is 12.0. The van der Waals surface area contributed by atoms with Crippen molar-refractivity contribution in [1.29, 1.82) is 10.5 Å². The zero-order chi connectivity index (χ0) is 19.8. The van der Waals surface area contributed by atoms with Crippen molar-refractivity contribution in [2.45, 2.75) is 13.5 Å². The normalized spacial score (nSPS) is 9.74. The predicted octanol–water partition coefficient (Wildman–Crippen LogP) is 2.37. The van der Waals surface area contributed by atoms with Crippen LogP contribution >= 0.6 is 11.3 Å². The maximum Gasteiger partial charge on any atom is 0.348 e. The fourth-order valence-corrected chi connectivity index (χ4v) is 2.99. The average molecular weight is 385 g/mol. The molecular formula is C18H15N3O5S. The Morgan fingerprint density at radius 1 is 1.15 bits per heavy atom. The molecule has 138 valence electrons. The number of nitrogen functional groups attached to an aromatic ring is 1. The van der Waals surface area contributed by atoms with Crippen molar-refractivity contribution in [3.8, 4) is 17.9 Å². The van der Waals surface area contributed by atoms with Crippen LogP contribution in [0.25, 0.3) is 0 Å². The van der Waals surface area contributed by atoms with E-state index in [1.54, 1.807) is 31.2 Å². The minimum Gasteiger partial charge on any atom is -0.482 e. The summed E-state index contributed by atoms with van der Waals surface area (Å²) in [6.45, 7) is 1.14. The van der Waals surface area contributed by atoms with Gasteiger partial charge < -0.3 is 19.9 Å². The van der Waals surface area contributed by atoms with Gasteiger partial charge in [0, 0.05) is 5.56 Å². The summed E-state index contributed by atoms with van der Waals surface area (Å²) in [5.74, 6) is -0.922. The van der Waals surface area contributed by atoms with Crippen LogP contribution in [0.2, 0.25) is 0 Å². The summed E-state index contributed by atoms with van der Waals surface area (Å²) in [6.07, 6.45) is 0. The van der Waals surface area contributed by atoms with E-state index in [-0.39, 0.29) is 40.8 Å². The van der Waals surface area contributed by atoms with Gasteiger partial charge in [-0.3, -0.25) is 0 Å². The molecule has 2 aromatic rings. The SMILES string of the molecule is CCOC(=O)c1sc(N)c(C#N)c1COC(=O)COc1ccc(C#N)cc1. The number of carbonyl (C=O) groups excluding carboxylic acids is 2. The summed E-state index contributed by atoms with van der Waals surface area (Å²) in [6, 6.07) is 10.1. The molecule has 2 N–H and O–H groups in total. The molecule has 0 fully saturated rings. The molecule has 0 amide bonds. The molecule has 1 aromatic heterocycles. The van der Waals surface area contributed by atoms with Gasteiger partial charge in [-0.15, -0.1) is 11.3 Å². The number of hydrogen-bond acceptors (Lipinski definition) is 9. The lowest BCUT2D eigenvalue weighted by atomic mass is 10.1. The summed E-state index contributed by atoms with van der Waals surface area (Å²) in [4.78, 5) is 24.0. The zero-order valence-electron chi connectivity index (χ0n) is 14.4. The van der Waals surface area contributed by atoms with Crippen LogP contribution in [0, 0.1) is 22.7 Å². The Kier molecular flexibility index (Phi) is 6.75. The molecular weight excluding hydrogens is 370 g/mol. The number of anilines is 1. The number of thiophene rings is 1. The molecule has 2 rings (SSSR count). The van der Waals surface area contributed by atoms with Gasteiger partial charge in [0.2, 0.25) is 0 Å². The quantitative estimate of drug-likeness (QED) is 0.718. The third-order valence-corrected chi connectivity index (χ3v) is 4.37. The van der Waals surface area contributed by atoms with Crippen molar-refractivity contribution in [1.82, 2.24) is 0 Å². The number of hydrogen-bond donors (Lipinski definition) is 1. The van der Waals surface area contributed by atoms with Crippen molar-refractivity contribution < 1.29 is 23.8 Å². The van der Waals surface area contributed by atoms with E-state index in [0.717, 1.165) is 11.3 Å². The number of nitrogens with zero attached hydrogens (tertiary/aromatic N) is 2. The van der Waals surface area contributed by atoms with Crippen molar-refractivity contribution in [3.05, 3.63) is 45.8 Å². The molecule has 0 radical (unpaired) electrons. The molecule has 1 aromatic carbocycles. The molecule has 0 saturated heterocycles. The van der Waals surface area contributed by atoms with Gasteiger partial charge in [0.05, 0.1) is 23.8 Å². The number of ether oxygens (including phenoxy) is 3. The van der Waals surface area contributed by atoms with E-state index < -0.39 is 11.9 Å². The molecule has 0 unspecified atom stereocenters. The summed E-state index contributed by atoms with van der Waals surface area (Å²) >= 11 is 0.911. The van der Waals surface area contributed by atoms with Crippen molar-refractivity contribution >= 4 is 28.3 Å². The van der Waals surface area contributed by atoms with Gasteiger partial charge in [-0.05, 0) is 31.2 Å². The Bertz CT molecular complexity index is 922. The first kappa shape index (κ1) is 19.8. The largest absolute Gasteiger partial charge is 0.482 e. The van der Waals surface area contributed by atoms with Crippen LogP contribution < -0.4 is 10.5 Å². The molecule has 0 aliphatic rings. The molecule has 0 atom stereocenters. The van der Waals surface area contributed by atoms with Gasteiger partial charge >= 0.3 is 11.9 Å². The number of esters is 2. The van der Waals surface area contributed by atoms with Crippen molar-refractivity contribution in [3.63, 3.8) is 0 Å². The van der Waals surface area contributed by atoms with Gasteiger partial charge in [-0.25, -0.2) is 9.59 Å². The van der Waals surface area contributed by atoms with Gasteiger partial charge in [0.25, 0.3) is 0 Å². The van der Waals surface area contributed by atoms with Crippen molar-refractivity contribution in [2.75, 3.05) is 18.9 Å². The van der Waals surface area contributed by atoms with Crippen LogP contribution in [-0.4, -0.2) is 25.2 Å². The van der Waals surface area contributed by atoms with Gasteiger partial charge in [0.15, 0.2) is 6.61 Å². The minimum absolute atomic E-state index is 0.0869. The highest BCUT2D eigenvalue weighted by Gasteiger charge is 2.23. The number of benzene rings is 1. The second-order valence-electron chi connectivity index (χ2n) is 5.07. The molecule has 1 heterocycles. The van der Waals surface area contributed by atoms with Crippen LogP contribution in [0.5, 0.6) is 5.75 Å². The molecule has 9 heteroatoms. The standard InChI is InChI=1S/C18H15N3O5S/c1-2-24-18(23)16-14(13(8-20)17(21)27-16)9-26-15(22)10-25-12-5-3-11(7-19)4-6-12/h3-6H,2,9-10,21H2,1H3. The van der Waals surface area contributed by atoms with Crippen LogP contribution in [0.1, 0.15) is 33.3 Å². The summed E-state index contributed by atoms with van der Waals surface area (Å²) in [5, 5.41) is 18.1. The highest BCUT2D eigenvalue weighted by molar-refractivity contribution is 7.18. The Balaban J connectivity index is 2.00. The Morgan fingerprint density at radius 3 is 2.44 bits per heavy atom. The fourth-order valence-electron chi connectivity index (χ4n) is 2.07. The first-order chi connectivity index (χ1) is 13.0. The van der Waals surface area contributed by atoms with Crippen LogP contribution in [0.4, 0.5) is 5.00 Å².